The van der Waals surface area contributed by atoms with Crippen LogP contribution in [0.2, 0.25) is 20.4 Å². The molecule has 4 aromatic heterocycles. The van der Waals surface area contributed by atoms with Crippen molar-refractivity contribution in [3.8, 4) is 22.3 Å². The van der Waals surface area contributed by atoms with Crippen LogP contribution in [0.25, 0.3) is 33.5 Å². The molecule has 0 saturated carbocycles. The van der Waals surface area contributed by atoms with Crippen LogP contribution in [-0.4, -0.2) is 70.8 Å². The van der Waals surface area contributed by atoms with Crippen molar-refractivity contribution in [3.05, 3.63) is 91.9 Å². The van der Waals surface area contributed by atoms with Gasteiger partial charge in [0.15, 0.2) is 11.3 Å². The number of nitrogens with one attached hydrogen (secondary N) is 2. The first kappa shape index (κ1) is 49.9. The Hall–Kier alpha value is -2.47. The second-order valence-electron chi connectivity index (χ2n) is 11.7. The van der Waals surface area contributed by atoms with Gasteiger partial charge in [-0.15, -0.1) is 0 Å². The molecule has 2 unspecified atom stereocenters. The predicted molar refractivity (Wildman–Crippen MR) is 213 cm³/mol. The number of rotatable bonds is 9. The second-order valence-corrected chi connectivity index (χ2v) is 13.2. The molecule has 0 aliphatic rings. The normalized spacial score (nSPS) is 12.6. The predicted octanol–water partition coefficient (Wildman–Crippen LogP) is 8.22. The van der Waals surface area contributed by atoms with Gasteiger partial charge in [0.1, 0.15) is 45.7 Å². The number of methoxy groups -OCH3 is 1. The molecule has 0 amide bonds. The number of hydrogen-bond acceptors (Lipinski definition) is 8. The molecule has 0 fully saturated rings. The third kappa shape index (κ3) is 11.3. The van der Waals surface area contributed by atoms with Gasteiger partial charge in [-0.05, 0) is 55.2 Å². The number of aliphatic hydroxyl groups is 1. The molecule has 6 rings (SSSR count). The molecule has 24 heteroatoms. The van der Waals surface area contributed by atoms with E-state index < -0.39 is 42.7 Å². The summed E-state index contributed by atoms with van der Waals surface area (Å²) in [6, 6.07) is 2.98. The number of aromatic nitrogens is 6. The number of benzene rings is 2. The van der Waals surface area contributed by atoms with Gasteiger partial charge < -0.3 is 21.9 Å². The molecular weight excluding hydrogens is 996 g/mol. The van der Waals surface area contributed by atoms with Gasteiger partial charge in [-0.25, -0.2) is 18.7 Å². The molecule has 0 aliphatic heterocycles. The maximum atomic E-state index is 13.4. The number of anilines is 2. The molecule has 58 heavy (non-hydrogen) atoms. The van der Waals surface area contributed by atoms with Crippen molar-refractivity contribution in [2.45, 2.75) is 51.5 Å². The fourth-order valence-electron chi connectivity index (χ4n) is 5.09. The van der Waals surface area contributed by atoms with Crippen molar-refractivity contribution in [1.82, 2.24) is 29.2 Å². The van der Waals surface area contributed by atoms with Crippen molar-refractivity contribution in [2.75, 3.05) is 22.7 Å². The largest absolute Gasteiger partial charge is 1.00 e. The Balaban J connectivity index is 0.000000378. The number of alkyl halides is 7. The Morgan fingerprint density at radius 3 is 1.47 bits per heavy atom. The molecule has 4 heterocycles. The van der Waals surface area contributed by atoms with Crippen LogP contribution >= 0.6 is 69.0 Å². The molecular formula is C34H30Cl4F8IN8NaO2. The van der Waals surface area contributed by atoms with Crippen molar-refractivity contribution in [3.63, 3.8) is 0 Å². The maximum absolute atomic E-state index is 13.4. The first-order valence-corrected chi connectivity index (χ1v) is 19.6. The summed E-state index contributed by atoms with van der Waals surface area (Å²) >= 11 is 26.9. The Morgan fingerprint density at radius 2 is 1.12 bits per heavy atom. The van der Waals surface area contributed by atoms with Crippen LogP contribution in [0, 0.1) is 11.6 Å². The number of fused-ring (bicyclic) bond motifs is 2. The monoisotopic (exact) mass is 1020 g/mol. The average Bonchev–Trinajstić information content (AvgIpc) is 3.73. The van der Waals surface area contributed by atoms with Gasteiger partial charge in [-0.1, -0.05) is 69.0 Å². The van der Waals surface area contributed by atoms with Gasteiger partial charge in [0.05, 0.1) is 46.8 Å². The summed E-state index contributed by atoms with van der Waals surface area (Å²) in [5, 5.41) is 21.8. The van der Waals surface area contributed by atoms with Gasteiger partial charge >= 0.3 is 41.9 Å². The Morgan fingerprint density at radius 1 is 0.741 bits per heavy atom. The molecule has 0 aliphatic carbocycles. The minimum absolute atomic E-state index is 0. The molecule has 10 nitrogen and oxygen atoms in total. The smallest absolute Gasteiger partial charge is 1.00 e. The average molecular weight is 1030 g/mol. The molecule has 6 aromatic rings. The fourth-order valence-corrected chi connectivity index (χ4v) is 6.16. The van der Waals surface area contributed by atoms with E-state index in [1.165, 1.54) is 36.2 Å². The topological polar surface area (TPSA) is 114 Å². The number of aliphatic hydroxyl groups excluding tert-OH is 1. The molecule has 0 radical (unpaired) electrons. The summed E-state index contributed by atoms with van der Waals surface area (Å²) in [5.74, 6) is -1.42. The summed E-state index contributed by atoms with van der Waals surface area (Å²) in [4.78, 5) is 10.3. The first-order valence-electron chi connectivity index (χ1n) is 15.9. The van der Waals surface area contributed by atoms with E-state index in [2.05, 4.69) is 53.4 Å². The summed E-state index contributed by atoms with van der Waals surface area (Å²) in [6.07, 6.45) is -6.41. The molecule has 0 saturated heterocycles. The minimum Gasteiger partial charge on any atom is -1.00 e. The third-order valence-electron chi connectivity index (χ3n) is 7.91. The molecule has 2 atom stereocenters. The third-order valence-corrected chi connectivity index (χ3v) is 9.08. The van der Waals surface area contributed by atoms with Crippen molar-refractivity contribution in [1.29, 1.82) is 0 Å². The van der Waals surface area contributed by atoms with Crippen LogP contribution in [0.1, 0.15) is 26.4 Å². The van der Waals surface area contributed by atoms with Gasteiger partial charge in [-0.2, -0.15) is 45.6 Å². The maximum Gasteiger partial charge on any atom is 1.00 e. The number of halogens is 13. The molecule has 310 valence electrons. The van der Waals surface area contributed by atoms with Crippen molar-refractivity contribution < 1.29 is 76.0 Å². The molecule has 2 aromatic carbocycles. The van der Waals surface area contributed by atoms with Gasteiger partial charge in [0, 0.05) is 29.4 Å². The number of hydrogen-bond donors (Lipinski definition) is 3. The van der Waals surface area contributed by atoms with Crippen LogP contribution in [0.4, 0.5) is 46.8 Å². The van der Waals surface area contributed by atoms with E-state index in [-0.39, 0.29) is 109 Å². The van der Waals surface area contributed by atoms with Gasteiger partial charge in [0.2, 0.25) is 0 Å². The zero-order chi connectivity index (χ0) is 42.6. The van der Waals surface area contributed by atoms with E-state index in [0.29, 0.717) is 5.56 Å². The SMILES string of the molecule is CC(Nc1c(-c2ccc(F)cc2Cl)c(Cl)nc2c(CO)cnn12)C(F)(F)F.CI.COCc1cnn2c(NC(C)C(F)(F)F)c(-c3ccc(F)cc3Cl)c(Cl)nc12.[H-].[Na+]. The second kappa shape index (κ2) is 20.9. The van der Waals surface area contributed by atoms with Crippen LogP contribution in [0.15, 0.2) is 48.8 Å². The van der Waals surface area contributed by atoms with Crippen LogP contribution in [0.3, 0.4) is 0 Å². The minimum atomic E-state index is -4.56. The zero-order valence-corrected chi connectivity index (χ0v) is 37.8. The molecule has 0 spiro atoms. The quantitative estimate of drug-likeness (QED) is 0.0437. The van der Waals surface area contributed by atoms with Crippen LogP contribution < -0.4 is 40.2 Å². The van der Waals surface area contributed by atoms with E-state index >= 15 is 0 Å². The summed E-state index contributed by atoms with van der Waals surface area (Å²) in [5.41, 5.74) is 1.60. The molecule has 3 N–H and O–H groups in total. The summed E-state index contributed by atoms with van der Waals surface area (Å²) in [6.45, 7) is 1.58. The molecule has 0 bridgehead atoms. The van der Waals surface area contributed by atoms with E-state index in [0.717, 1.165) is 42.6 Å². The van der Waals surface area contributed by atoms with Crippen molar-refractivity contribution in [2.24, 2.45) is 0 Å². The summed E-state index contributed by atoms with van der Waals surface area (Å²) in [7, 11) is 1.46. The zero-order valence-electron chi connectivity index (χ0n) is 31.6. The van der Waals surface area contributed by atoms with Crippen molar-refractivity contribution >= 4 is 91.9 Å². The van der Waals surface area contributed by atoms with E-state index in [4.69, 9.17) is 51.1 Å². The Kier molecular flexibility index (Phi) is 18.0. The van der Waals surface area contributed by atoms with Gasteiger partial charge in [-0.3, -0.25) is 0 Å². The Labute approximate surface area is 382 Å². The Bertz CT molecular complexity index is 2380. The van der Waals surface area contributed by atoms with Crippen LogP contribution in [-0.2, 0) is 18.0 Å². The standard InChI is InChI=1S/C17H14Cl2F4N4O.C16H12Cl2F4N4O.CH3I.Na.H/c1-8(17(21,22)23)25-16-13(11-4-3-10(20)5-12(11)18)14(19)26-15-9(7-28-2)6-24-27(15)16;1-7(16(20,21)22)24-15-12(10-3-2-9(19)4-11(10)17)13(18)25-14-8(6-27)5-23-26(14)15;1-2;;/h3-6,8,25H,7H2,1-2H3;2-5,7,24,27H,6H2,1H3;1H3;;/q;;;+1;-1. The first-order chi connectivity index (χ1) is 26.8. The number of ether oxygens (including phenoxy) is 1. The van der Waals surface area contributed by atoms with Gasteiger partial charge in [0.25, 0.3) is 0 Å². The van der Waals surface area contributed by atoms with Crippen LogP contribution in [0.5, 0.6) is 0 Å². The van der Waals surface area contributed by atoms with E-state index in [9.17, 15) is 40.2 Å². The fraction of sp³-hybridized carbons (Fsp3) is 0.294. The van der Waals surface area contributed by atoms with E-state index in [1.54, 1.807) is 0 Å². The summed E-state index contributed by atoms with van der Waals surface area (Å²) < 4.78 is 113. The number of nitrogens with zero attached hydrogens (tertiary/aromatic N) is 6. The van der Waals surface area contributed by atoms with E-state index in [1.807, 2.05) is 4.93 Å².